The van der Waals surface area contributed by atoms with E-state index in [0.29, 0.717) is 19.9 Å². The van der Waals surface area contributed by atoms with Crippen LogP contribution in [0.4, 0.5) is 0 Å². The molecule has 0 saturated heterocycles. The number of guanidine groups is 1. The Kier molecular flexibility index (Phi) is 8.00. The summed E-state index contributed by atoms with van der Waals surface area (Å²) in [6.07, 6.45) is 2.05. The fourth-order valence-corrected chi connectivity index (χ4v) is 2.85. The third kappa shape index (κ3) is 6.46. The number of unbranched alkanes of at least 4 members (excludes halogenated alkanes) is 1. The fourth-order valence-electron chi connectivity index (χ4n) is 2.85. The van der Waals surface area contributed by atoms with E-state index in [4.69, 9.17) is 14.2 Å². The molecule has 2 N–H and O–H groups in total. The van der Waals surface area contributed by atoms with E-state index >= 15 is 0 Å². The van der Waals surface area contributed by atoms with Crippen LogP contribution >= 0.6 is 0 Å². The molecule has 6 heteroatoms. The monoisotopic (exact) mass is 383 g/mol. The molecule has 6 nitrogen and oxygen atoms in total. The number of hydrogen-bond donors (Lipinski definition) is 2. The smallest absolute Gasteiger partial charge is 0.231 e. The molecule has 0 radical (unpaired) electrons. The highest BCUT2D eigenvalue weighted by Crippen LogP contribution is 2.32. The van der Waals surface area contributed by atoms with Crippen LogP contribution in [0.3, 0.4) is 0 Å². The van der Waals surface area contributed by atoms with Gasteiger partial charge in [-0.25, -0.2) is 4.99 Å². The second kappa shape index (κ2) is 11.2. The van der Waals surface area contributed by atoms with Gasteiger partial charge in [0, 0.05) is 19.7 Å². The molecule has 0 aromatic heterocycles. The van der Waals surface area contributed by atoms with Crippen molar-refractivity contribution in [1.29, 1.82) is 0 Å². The van der Waals surface area contributed by atoms with Crippen molar-refractivity contribution in [3.05, 3.63) is 59.7 Å². The van der Waals surface area contributed by atoms with Gasteiger partial charge in [-0.15, -0.1) is 0 Å². The van der Waals surface area contributed by atoms with E-state index in [9.17, 15) is 0 Å². The molecule has 1 aliphatic rings. The number of nitrogens with one attached hydrogen (secondary N) is 2. The molecule has 1 aliphatic heterocycles. The Bertz CT molecular complexity index is 750. The number of fused-ring (bicyclic) bond motifs is 1. The highest BCUT2D eigenvalue weighted by atomic mass is 16.7. The number of hydrogen-bond acceptors (Lipinski definition) is 4. The second-order valence-electron chi connectivity index (χ2n) is 6.55. The molecule has 0 amide bonds. The summed E-state index contributed by atoms with van der Waals surface area (Å²) >= 11 is 0. The molecule has 0 saturated carbocycles. The van der Waals surface area contributed by atoms with Gasteiger partial charge in [0.2, 0.25) is 6.79 Å². The summed E-state index contributed by atoms with van der Waals surface area (Å²) in [6.45, 7) is 6.08. The Morgan fingerprint density at radius 2 is 1.86 bits per heavy atom. The van der Waals surface area contributed by atoms with Crippen LogP contribution in [0.15, 0.2) is 53.5 Å². The van der Waals surface area contributed by atoms with E-state index in [1.165, 1.54) is 5.56 Å². The molecule has 0 bridgehead atoms. The number of benzene rings is 2. The van der Waals surface area contributed by atoms with Gasteiger partial charge >= 0.3 is 0 Å². The summed E-state index contributed by atoms with van der Waals surface area (Å²) in [5.74, 6) is 2.42. The van der Waals surface area contributed by atoms with Gasteiger partial charge < -0.3 is 24.8 Å². The number of nitrogens with zero attached hydrogens (tertiary/aromatic N) is 1. The van der Waals surface area contributed by atoms with Crippen molar-refractivity contribution in [2.45, 2.75) is 32.9 Å². The molecule has 150 valence electrons. The summed E-state index contributed by atoms with van der Waals surface area (Å²) in [7, 11) is 0. The van der Waals surface area contributed by atoms with Gasteiger partial charge in [0.15, 0.2) is 17.5 Å². The summed E-state index contributed by atoms with van der Waals surface area (Å²) < 4.78 is 16.5. The van der Waals surface area contributed by atoms with E-state index in [1.54, 1.807) is 0 Å². The lowest BCUT2D eigenvalue weighted by Gasteiger charge is -2.11. The maximum absolute atomic E-state index is 5.72. The van der Waals surface area contributed by atoms with Crippen LogP contribution in [0.1, 0.15) is 30.9 Å². The molecule has 0 aliphatic carbocycles. The molecule has 2 aromatic carbocycles. The first-order valence-electron chi connectivity index (χ1n) is 9.87. The normalized spacial score (nSPS) is 12.8. The van der Waals surface area contributed by atoms with Gasteiger partial charge in [-0.05, 0) is 43.0 Å². The lowest BCUT2D eigenvalue weighted by Crippen LogP contribution is -2.37. The molecule has 1 heterocycles. The van der Waals surface area contributed by atoms with Crippen molar-refractivity contribution in [1.82, 2.24) is 10.6 Å². The largest absolute Gasteiger partial charge is 0.454 e. The highest BCUT2D eigenvalue weighted by Gasteiger charge is 2.12. The Hall–Kier alpha value is -2.73. The van der Waals surface area contributed by atoms with Gasteiger partial charge in [-0.2, -0.15) is 0 Å². The first-order chi connectivity index (χ1) is 13.8. The molecule has 28 heavy (non-hydrogen) atoms. The third-order valence-electron chi connectivity index (χ3n) is 4.32. The van der Waals surface area contributed by atoms with Crippen molar-refractivity contribution >= 4 is 5.96 Å². The molecule has 0 atom stereocenters. The van der Waals surface area contributed by atoms with Crippen molar-refractivity contribution in [3.63, 3.8) is 0 Å². The fraction of sp³-hybridized carbons (Fsp3) is 0.409. The zero-order valence-corrected chi connectivity index (χ0v) is 16.4. The predicted molar refractivity (Wildman–Crippen MR) is 111 cm³/mol. The maximum Gasteiger partial charge on any atom is 0.231 e. The second-order valence-corrected chi connectivity index (χ2v) is 6.55. The van der Waals surface area contributed by atoms with Gasteiger partial charge in [0.05, 0.1) is 13.2 Å². The van der Waals surface area contributed by atoms with E-state index in [0.717, 1.165) is 55.6 Å². The van der Waals surface area contributed by atoms with Crippen molar-refractivity contribution in [3.8, 4) is 11.5 Å². The van der Waals surface area contributed by atoms with E-state index in [-0.39, 0.29) is 0 Å². The Labute approximate surface area is 166 Å². The average molecular weight is 383 g/mol. The van der Waals surface area contributed by atoms with Crippen LogP contribution in [0.5, 0.6) is 11.5 Å². The van der Waals surface area contributed by atoms with E-state index in [1.807, 2.05) is 36.4 Å². The van der Waals surface area contributed by atoms with Gasteiger partial charge in [0.25, 0.3) is 0 Å². The SMILES string of the molecule is CCNC(=NCc1ccc2c(c1)OCO2)NCCCCOCc1ccccc1. The molecular formula is C22H29N3O3. The van der Waals surface area contributed by atoms with Crippen LogP contribution in [-0.2, 0) is 17.9 Å². The van der Waals surface area contributed by atoms with Crippen molar-refractivity contribution in [2.75, 3.05) is 26.5 Å². The molecule has 2 aromatic rings. The summed E-state index contributed by atoms with van der Waals surface area (Å²) in [4.78, 5) is 4.65. The number of rotatable bonds is 10. The first kappa shape index (κ1) is 20.0. The molecule has 0 spiro atoms. The quantitative estimate of drug-likeness (QED) is 0.374. The number of ether oxygens (including phenoxy) is 3. The van der Waals surface area contributed by atoms with Crippen LogP contribution < -0.4 is 20.1 Å². The highest BCUT2D eigenvalue weighted by molar-refractivity contribution is 5.79. The maximum atomic E-state index is 5.72. The Morgan fingerprint density at radius 1 is 1.00 bits per heavy atom. The van der Waals surface area contributed by atoms with Crippen LogP contribution in [-0.4, -0.2) is 32.4 Å². The van der Waals surface area contributed by atoms with Gasteiger partial charge in [-0.3, -0.25) is 0 Å². The molecule has 3 rings (SSSR count). The zero-order chi connectivity index (χ0) is 19.4. The van der Waals surface area contributed by atoms with Crippen LogP contribution in [0.2, 0.25) is 0 Å². The van der Waals surface area contributed by atoms with Gasteiger partial charge in [-0.1, -0.05) is 36.4 Å². The standard InChI is InChI=1S/C22H29N3O3/c1-2-23-22(25-15-19-10-11-20-21(14-19)28-17-27-20)24-12-6-7-13-26-16-18-8-4-3-5-9-18/h3-5,8-11,14H,2,6-7,12-13,15-17H2,1H3,(H2,23,24,25). The average Bonchev–Trinajstić information content (AvgIpc) is 3.20. The Morgan fingerprint density at radius 3 is 2.71 bits per heavy atom. The first-order valence-corrected chi connectivity index (χ1v) is 9.87. The van der Waals surface area contributed by atoms with E-state index < -0.39 is 0 Å². The zero-order valence-electron chi connectivity index (χ0n) is 16.4. The predicted octanol–water partition coefficient (Wildman–Crippen LogP) is 3.47. The lowest BCUT2D eigenvalue weighted by molar-refractivity contribution is 0.117. The minimum atomic E-state index is 0.293. The van der Waals surface area contributed by atoms with Crippen LogP contribution in [0.25, 0.3) is 0 Å². The molecular weight excluding hydrogens is 354 g/mol. The molecule has 0 unspecified atom stereocenters. The topological polar surface area (TPSA) is 64.1 Å². The van der Waals surface area contributed by atoms with E-state index in [2.05, 4.69) is 34.7 Å². The third-order valence-corrected chi connectivity index (χ3v) is 4.32. The summed E-state index contributed by atoms with van der Waals surface area (Å²) in [5, 5.41) is 6.66. The minimum Gasteiger partial charge on any atom is -0.454 e. The van der Waals surface area contributed by atoms with Gasteiger partial charge in [0.1, 0.15) is 0 Å². The Balaban J connectivity index is 1.34. The minimum absolute atomic E-state index is 0.293. The lowest BCUT2D eigenvalue weighted by atomic mass is 10.2. The van der Waals surface area contributed by atoms with Crippen molar-refractivity contribution in [2.24, 2.45) is 4.99 Å². The van der Waals surface area contributed by atoms with Crippen molar-refractivity contribution < 1.29 is 14.2 Å². The molecule has 0 fully saturated rings. The number of aliphatic imine (C=N–C) groups is 1. The summed E-state index contributed by atoms with van der Waals surface area (Å²) in [5.41, 5.74) is 2.31. The van der Waals surface area contributed by atoms with Crippen LogP contribution in [0, 0.1) is 0 Å². The summed E-state index contributed by atoms with van der Waals surface area (Å²) in [6, 6.07) is 16.2.